The zero-order valence-corrected chi connectivity index (χ0v) is 17.7. The third-order valence-electron chi connectivity index (χ3n) is 2.12. The molecule has 0 aromatic heterocycles. The van der Waals surface area contributed by atoms with Gasteiger partial charge in [0.25, 0.3) is 0 Å². The van der Waals surface area contributed by atoms with Crippen molar-refractivity contribution in [2.75, 3.05) is 0 Å². The van der Waals surface area contributed by atoms with Crippen molar-refractivity contribution in [3.63, 3.8) is 0 Å². The fourth-order valence-electron chi connectivity index (χ4n) is 1.14. The van der Waals surface area contributed by atoms with Crippen molar-refractivity contribution in [3.05, 3.63) is 31.1 Å². The molecule has 0 fully saturated rings. The molecule has 0 radical (unpaired) electrons. The van der Waals surface area contributed by atoms with Gasteiger partial charge in [-0.25, -0.2) is 0 Å². The fraction of sp³-hybridized carbons (Fsp3) is 0.688. The minimum Gasteiger partial charge on any atom is -1.00 e. The Morgan fingerprint density at radius 1 is 0.947 bits per heavy atom. The molecule has 0 amide bonds. The Balaban J connectivity index is -0.0000000535. The second-order valence-electron chi connectivity index (χ2n) is 3.85. The van der Waals surface area contributed by atoms with Gasteiger partial charge in [-0.05, 0) is 17.8 Å². The van der Waals surface area contributed by atoms with Crippen LogP contribution < -0.4 is 17.0 Å². The first-order valence-electron chi connectivity index (χ1n) is 6.86. The number of halogens is 2. The summed E-state index contributed by atoms with van der Waals surface area (Å²) in [6.07, 6.45) is 13.7. The Hall–Kier alpha value is 1.21. The molecule has 112 valence electrons. The number of hydrogen-bond acceptors (Lipinski definition) is 0. The molecule has 0 spiro atoms. The molecule has 0 aliphatic heterocycles. The second kappa shape index (κ2) is 42.7. The Labute approximate surface area is 157 Å². The van der Waals surface area contributed by atoms with Crippen molar-refractivity contribution in [2.45, 2.75) is 71.6 Å². The first-order valence-corrected chi connectivity index (χ1v) is 7.77. The monoisotopic (exact) mass is 406 g/mol. The van der Waals surface area contributed by atoms with E-state index in [0.29, 0.717) is 0 Å². The first-order chi connectivity index (χ1) is 8.24. The maximum atomic E-state index is 3.72. The van der Waals surface area contributed by atoms with Gasteiger partial charge in [-0.3, -0.25) is 0 Å². The number of rotatable bonds is 8. The zero-order valence-electron chi connectivity index (χ0n) is 13.1. The van der Waals surface area contributed by atoms with E-state index in [1.165, 1.54) is 51.4 Å². The molecule has 0 aromatic carbocycles. The molecular weight excluding hydrogens is 376 g/mol. The molecule has 0 heterocycles. The summed E-state index contributed by atoms with van der Waals surface area (Å²) in [4.78, 5) is 1.56. The summed E-state index contributed by atoms with van der Waals surface area (Å²) in [5.74, 6) is 0. The van der Waals surface area contributed by atoms with Crippen LogP contribution in [0.4, 0.5) is 0 Å². The van der Waals surface area contributed by atoms with E-state index in [4.69, 9.17) is 0 Å². The smallest absolute Gasteiger partial charge is 1.00 e. The molecule has 0 aliphatic rings. The third kappa shape index (κ3) is 67.1. The summed E-state index contributed by atoms with van der Waals surface area (Å²) >= 11 is 2.91. The van der Waals surface area contributed by atoms with Crippen LogP contribution >= 0.6 is 15.9 Å². The van der Waals surface area contributed by atoms with Crippen LogP contribution in [0.2, 0.25) is 0 Å². The molecule has 0 aliphatic carbocycles. The van der Waals surface area contributed by atoms with Gasteiger partial charge in [-0.2, -0.15) is 6.42 Å². The number of hydrogen-bond donors (Lipinski definition) is 0. The van der Waals surface area contributed by atoms with Crippen LogP contribution in [-0.2, 0) is 0 Å². The molecule has 0 rings (SSSR count). The molecule has 0 unspecified atom stereocenters. The van der Waals surface area contributed by atoms with Crippen LogP contribution in [0.1, 0.15) is 71.6 Å². The summed E-state index contributed by atoms with van der Waals surface area (Å²) in [7, 11) is 0. The van der Waals surface area contributed by atoms with Gasteiger partial charge in [0.05, 0.1) is 0 Å². The predicted octanol–water partition coefficient (Wildman–Crippen LogP) is 3.69. The number of allylic oxidation sites excluding steroid dienone is 1. The van der Waals surface area contributed by atoms with Crippen molar-refractivity contribution < 1.29 is 17.0 Å². The van der Waals surface area contributed by atoms with Gasteiger partial charge in [-0.1, -0.05) is 81.0 Å². The fourth-order valence-corrected chi connectivity index (χ4v) is 1.14. The van der Waals surface area contributed by atoms with E-state index in [2.05, 4.69) is 49.9 Å². The molecular formula is C16H32Br2Mg. The Bertz CT molecular complexity index is 124. The zero-order chi connectivity index (χ0) is 13.8. The Morgan fingerprint density at radius 3 is 1.63 bits per heavy atom. The summed E-state index contributed by atoms with van der Waals surface area (Å²) in [6, 6.07) is 0. The summed E-state index contributed by atoms with van der Waals surface area (Å²) < 4.78 is 0. The van der Waals surface area contributed by atoms with Gasteiger partial charge >= 0.3 is 23.1 Å². The molecule has 3 heteroatoms. The standard InChI is InChI=1S/C8H16.C6H13.C2H3Br.BrH.Mg/c1-3-5-7-8-6-4-2;1-3-5-6-4-2;1-2-3;;/h3H,1,4-8H2,2H3;1,3-6H2,2H3;2H,1H2;1H;/q;-1;;;+2/p-1. The van der Waals surface area contributed by atoms with E-state index >= 15 is 0 Å². The van der Waals surface area contributed by atoms with Crippen LogP contribution in [0.5, 0.6) is 0 Å². The Morgan fingerprint density at radius 2 is 1.37 bits per heavy atom. The van der Waals surface area contributed by atoms with E-state index in [9.17, 15) is 0 Å². The molecule has 0 nitrogen and oxygen atoms in total. The number of unbranched alkanes of at least 4 members (excludes halogenated alkanes) is 7. The van der Waals surface area contributed by atoms with Crippen molar-refractivity contribution in [1.82, 2.24) is 0 Å². The van der Waals surface area contributed by atoms with Gasteiger partial charge in [0.15, 0.2) is 0 Å². The quantitative estimate of drug-likeness (QED) is 0.249. The average molecular weight is 409 g/mol. The van der Waals surface area contributed by atoms with E-state index in [0.717, 1.165) is 6.42 Å². The van der Waals surface area contributed by atoms with Crippen LogP contribution in [0.15, 0.2) is 24.2 Å². The Kier molecular flexibility index (Phi) is 72.5. The van der Waals surface area contributed by atoms with Crippen LogP contribution in [0, 0.1) is 6.92 Å². The summed E-state index contributed by atoms with van der Waals surface area (Å²) in [6.45, 7) is 15.1. The van der Waals surface area contributed by atoms with Crippen molar-refractivity contribution >= 4 is 39.0 Å². The minimum absolute atomic E-state index is 0. The molecule has 0 aromatic rings. The van der Waals surface area contributed by atoms with Crippen molar-refractivity contribution in [3.8, 4) is 0 Å². The molecule has 0 saturated carbocycles. The maximum Gasteiger partial charge on any atom is 2.00 e. The molecule has 0 bridgehead atoms. The molecule has 0 atom stereocenters. The van der Waals surface area contributed by atoms with Crippen molar-refractivity contribution in [2.24, 2.45) is 0 Å². The average Bonchev–Trinajstić information content (AvgIpc) is 2.34. The maximum absolute atomic E-state index is 3.72. The van der Waals surface area contributed by atoms with Gasteiger partial charge in [-0.15, -0.1) is 6.58 Å². The van der Waals surface area contributed by atoms with E-state index < -0.39 is 0 Å². The molecule has 0 N–H and O–H groups in total. The summed E-state index contributed by atoms with van der Waals surface area (Å²) in [5.41, 5.74) is 0. The summed E-state index contributed by atoms with van der Waals surface area (Å²) in [5, 5.41) is 0. The second-order valence-corrected chi connectivity index (χ2v) is 4.50. The SMILES string of the molecule is C=CBr.C=CCCCCCC.[Br-].[CH2-]CCCCC.[Mg+2]. The van der Waals surface area contributed by atoms with Gasteiger partial charge < -0.3 is 23.9 Å². The van der Waals surface area contributed by atoms with E-state index in [-0.39, 0.29) is 40.0 Å². The van der Waals surface area contributed by atoms with Gasteiger partial charge in [0.1, 0.15) is 0 Å². The van der Waals surface area contributed by atoms with Crippen LogP contribution in [0.25, 0.3) is 0 Å². The third-order valence-corrected chi connectivity index (χ3v) is 2.12. The molecule has 0 saturated heterocycles. The van der Waals surface area contributed by atoms with Gasteiger partial charge in [0.2, 0.25) is 0 Å². The normalized spacial score (nSPS) is 7.37. The van der Waals surface area contributed by atoms with Crippen molar-refractivity contribution in [1.29, 1.82) is 0 Å². The van der Waals surface area contributed by atoms with E-state index in [1.807, 2.05) is 6.08 Å². The first kappa shape index (κ1) is 32.2. The van der Waals surface area contributed by atoms with Crippen LogP contribution in [-0.4, -0.2) is 23.1 Å². The minimum atomic E-state index is 0. The predicted molar refractivity (Wildman–Crippen MR) is 93.3 cm³/mol. The van der Waals surface area contributed by atoms with Crippen LogP contribution in [0.3, 0.4) is 0 Å². The van der Waals surface area contributed by atoms with E-state index in [1.54, 1.807) is 4.99 Å². The van der Waals surface area contributed by atoms with Gasteiger partial charge in [0, 0.05) is 0 Å². The molecule has 19 heavy (non-hydrogen) atoms. The topological polar surface area (TPSA) is 0 Å². The largest absolute Gasteiger partial charge is 2.00 e.